The van der Waals surface area contributed by atoms with Gasteiger partial charge < -0.3 is 5.32 Å². The van der Waals surface area contributed by atoms with Crippen molar-refractivity contribution in [2.75, 3.05) is 15.7 Å². The Labute approximate surface area is 171 Å². The molecule has 1 atom stereocenters. The Morgan fingerprint density at radius 1 is 1.10 bits per heavy atom. The molecule has 3 rings (SSSR count). The molecule has 0 aliphatic carbocycles. The van der Waals surface area contributed by atoms with Crippen molar-refractivity contribution < 1.29 is 18.0 Å². The van der Waals surface area contributed by atoms with Crippen molar-refractivity contribution in [3.05, 3.63) is 53.6 Å². The molecule has 7 nitrogen and oxygen atoms in total. The standard InChI is InChI=1S/C21H25N3O4S/c1-5-16(4)22-20(25)13-23-18-8-6-7-9-19(18)29(27,28)24(21(23)26)17-11-14(2)10-15(3)12-17/h6-12,16H,5,13H2,1-4H3,(H,22,25). The summed E-state index contributed by atoms with van der Waals surface area (Å²) in [7, 11) is -4.10. The van der Waals surface area contributed by atoms with Gasteiger partial charge in [-0.25, -0.2) is 13.2 Å². The summed E-state index contributed by atoms with van der Waals surface area (Å²) in [5, 5.41) is 2.82. The third kappa shape index (κ3) is 3.98. The van der Waals surface area contributed by atoms with Gasteiger partial charge in [-0.05, 0) is 62.6 Å². The molecule has 0 bridgehead atoms. The van der Waals surface area contributed by atoms with Crippen LogP contribution in [0.1, 0.15) is 31.4 Å². The maximum Gasteiger partial charge on any atom is 0.343 e. The fraction of sp³-hybridized carbons (Fsp3) is 0.333. The van der Waals surface area contributed by atoms with Crippen molar-refractivity contribution >= 4 is 33.3 Å². The number of hydrogen-bond donors (Lipinski definition) is 1. The van der Waals surface area contributed by atoms with Gasteiger partial charge in [-0.15, -0.1) is 0 Å². The molecule has 0 saturated heterocycles. The summed E-state index contributed by atoms with van der Waals surface area (Å²) in [4.78, 5) is 27.0. The summed E-state index contributed by atoms with van der Waals surface area (Å²) < 4.78 is 27.3. The Morgan fingerprint density at radius 3 is 2.34 bits per heavy atom. The topological polar surface area (TPSA) is 86.8 Å². The van der Waals surface area contributed by atoms with Crippen molar-refractivity contribution in [3.8, 4) is 0 Å². The van der Waals surface area contributed by atoms with Crippen molar-refractivity contribution in [3.63, 3.8) is 0 Å². The average Bonchev–Trinajstić information content (AvgIpc) is 2.64. The lowest BCUT2D eigenvalue weighted by molar-refractivity contribution is -0.120. The monoisotopic (exact) mass is 415 g/mol. The van der Waals surface area contributed by atoms with Crippen LogP contribution in [0, 0.1) is 13.8 Å². The normalized spacial score (nSPS) is 16.3. The molecule has 1 N–H and O–H groups in total. The van der Waals surface area contributed by atoms with Gasteiger partial charge in [-0.2, -0.15) is 4.31 Å². The van der Waals surface area contributed by atoms with E-state index in [1.165, 1.54) is 11.0 Å². The molecule has 8 heteroatoms. The zero-order valence-electron chi connectivity index (χ0n) is 17.0. The maximum atomic E-state index is 13.3. The van der Waals surface area contributed by atoms with E-state index in [-0.39, 0.29) is 34.8 Å². The van der Waals surface area contributed by atoms with Crippen LogP contribution in [-0.4, -0.2) is 32.9 Å². The zero-order chi connectivity index (χ0) is 21.3. The molecule has 0 radical (unpaired) electrons. The number of sulfonamides is 1. The minimum atomic E-state index is -4.10. The highest BCUT2D eigenvalue weighted by Crippen LogP contribution is 2.37. The number of rotatable bonds is 5. The number of amides is 3. The van der Waals surface area contributed by atoms with Crippen LogP contribution >= 0.6 is 0 Å². The molecule has 154 valence electrons. The van der Waals surface area contributed by atoms with Gasteiger partial charge in [-0.1, -0.05) is 25.1 Å². The Bertz CT molecular complexity index is 1050. The van der Waals surface area contributed by atoms with Gasteiger partial charge in [0, 0.05) is 6.04 Å². The zero-order valence-corrected chi connectivity index (χ0v) is 17.8. The Hall–Kier alpha value is -2.87. The van der Waals surface area contributed by atoms with Gasteiger partial charge >= 0.3 is 6.03 Å². The summed E-state index contributed by atoms with van der Waals surface area (Å²) in [6, 6.07) is 10.6. The summed E-state index contributed by atoms with van der Waals surface area (Å²) in [6.45, 7) is 7.22. The number of anilines is 2. The number of nitrogens with one attached hydrogen (secondary N) is 1. The minimum Gasteiger partial charge on any atom is -0.352 e. The molecule has 0 spiro atoms. The number of carbonyl (C=O) groups is 2. The fourth-order valence-electron chi connectivity index (χ4n) is 3.35. The van der Waals surface area contributed by atoms with Crippen molar-refractivity contribution in [1.29, 1.82) is 0 Å². The van der Waals surface area contributed by atoms with Crippen LogP contribution in [0.4, 0.5) is 16.2 Å². The Balaban J connectivity index is 2.10. The molecular weight excluding hydrogens is 390 g/mol. The number of nitrogens with zero attached hydrogens (tertiary/aromatic N) is 2. The smallest absolute Gasteiger partial charge is 0.343 e. The van der Waals surface area contributed by atoms with E-state index >= 15 is 0 Å². The third-order valence-electron chi connectivity index (χ3n) is 4.84. The number of aryl methyl sites for hydroxylation is 2. The minimum absolute atomic E-state index is 0.00454. The number of urea groups is 1. The van der Waals surface area contributed by atoms with E-state index in [0.29, 0.717) is 0 Å². The van der Waals surface area contributed by atoms with E-state index in [1.54, 1.807) is 30.3 Å². The molecule has 0 aromatic heterocycles. The quantitative estimate of drug-likeness (QED) is 0.811. The number of para-hydroxylation sites is 1. The van der Waals surface area contributed by atoms with Gasteiger partial charge in [-0.3, -0.25) is 9.69 Å². The molecule has 0 saturated carbocycles. The number of benzene rings is 2. The first kappa shape index (κ1) is 20.9. The second-order valence-corrected chi connectivity index (χ2v) is 9.08. The van der Waals surface area contributed by atoms with E-state index in [1.807, 2.05) is 33.8 Å². The fourth-order valence-corrected chi connectivity index (χ4v) is 4.93. The summed E-state index contributed by atoms with van der Waals surface area (Å²) in [5.74, 6) is -0.345. The van der Waals surface area contributed by atoms with E-state index in [2.05, 4.69) is 5.32 Å². The lowest BCUT2D eigenvalue weighted by Crippen LogP contribution is -2.54. The maximum absolute atomic E-state index is 13.3. The summed E-state index contributed by atoms with van der Waals surface area (Å²) >= 11 is 0. The predicted octanol–water partition coefficient (Wildman–Crippen LogP) is 3.35. The van der Waals surface area contributed by atoms with Gasteiger partial charge in [0.1, 0.15) is 11.4 Å². The second-order valence-electron chi connectivity index (χ2n) is 7.33. The molecule has 29 heavy (non-hydrogen) atoms. The van der Waals surface area contributed by atoms with Crippen LogP contribution in [0.2, 0.25) is 0 Å². The molecule has 1 aliphatic rings. The van der Waals surface area contributed by atoms with Gasteiger partial charge in [0.15, 0.2) is 0 Å². The lowest BCUT2D eigenvalue weighted by atomic mass is 10.1. The molecule has 3 amide bonds. The highest BCUT2D eigenvalue weighted by Gasteiger charge is 2.43. The van der Waals surface area contributed by atoms with E-state index in [9.17, 15) is 18.0 Å². The van der Waals surface area contributed by atoms with Crippen LogP contribution in [-0.2, 0) is 14.8 Å². The van der Waals surface area contributed by atoms with Crippen LogP contribution in [0.3, 0.4) is 0 Å². The molecule has 0 fully saturated rings. The van der Waals surface area contributed by atoms with Gasteiger partial charge in [0.2, 0.25) is 5.91 Å². The van der Waals surface area contributed by atoms with E-state index < -0.39 is 16.1 Å². The van der Waals surface area contributed by atoms with Gasteiger partial charge in [0.05, 0.1) is 11.4 Å². The van der Waals surface area contributed by atoms with E-state index in [4.69, 9.17) is 0 Å². The highest BCUT2D eigenvalue weighted by molar-refractivity contribution is 7.94. The molecule has 2 aromatic carbocycles. The third-order valence-corrected chi connectivity index (χ3v) is 6.59. The highest BCUT2D eigenvalue weighted by atomic mass is 32.2. The first-order chi connectivity index (χ1) is 13.6. The van der Waals surface area contributed by atoms with Crippen molar-refractivity contribution in [1.82, 2.24) is 5.32 Å². The van der Waals surface area contributed by atoms with Crippen LogP contribution in [0.15, 0.2) is 47.4 Å². The Morgan fingerprint density at radius 2 is 1.72 bits per heavy atom. The molecule has 2 aromatic rings. The first-order valence-electron chi connectivity index (χ1n) is 9.48. The number of fused-ring (bicyclic) bond motifs is 1. The number of carbonyl (C=O) groups excluding carboxylic acids is 2. The van der Waals surface area contributed by atoms with Gasteiger partial charge in [0.25, 0.3) is 10.0 Å². The predicted molar refractivity (Wildman–Crippen MR) is 113 cm³/mol. The van der Waals surface area contributed by atoms with Crippen LogP contribution in [0.5, 0.6) is 0 Å². The second kappa shape index (κ2) is 7.87. The summed E-state index contributed by atoms with van der Waals surface area (Å²) in [6.07, 6.45) is 0.749. The van der Waals surface area contributed by atoms with Crippen molar-refractivity contribution in [2.24, 2.45) is 0 Å². The first-order valence-corrected chi connectivity index (χ1v) is 10.9. The van der Waals surface area contributed by atoms with Crippen LogP contribution in [0.25, 0.3) is 0 Å². The Kier molecular flexibility index (Phi) is 5.66. The largest absolute Gasteiger partial charge is 0.352 e. The summed E-state index contributed by atoms with van der Waals surface area (Å²) in [5.41, 5.74) is 2.14. The van der Waals surface area contributed by atoms with Crippen molar-refractivity contribution in [2.45, 2.75) is 45.1 Å². The SMILES string of the molecule is CCC(C)NC(=O)CN1C(=O)N(c2cc(C)cc(C)c2)S(=O)(=O)c2ccccc21. The molecule has 1 heterocycles. The average molecular weight is 416 g/mol. The number of hydrogen-bond acceptors (Lipinski definition) is 4. The molecule has 1 aliphatic heterocycles. The van der Waals surface area contributed by atoms with E-state index in [0.717, 1.165) is 21.9 Å². The molecular formula is C21H25N3O4S. The molecule has 1 unspecified atom stereocenters. The van der Waals surface area contributed by atoms with Crippen LogP contribution < -0.4 is 14.5 Å². The lowest BCUT2D eigenvalue weighted by Gasteiger charge is -2.36.